The average Bonchev–Trinajstić information content (AvgIpc) is 3.60. The highest BCUT2D eigenvalue weighted by Crippen LogP contribution is 2.49. The molecule has 4 heteroatoms. The summed E-state index contributed by atoms with van der Waals surface area (Å²) in [5.41, 5.74) is 22.6. The van der Waals surface area contributed by atoms with Gasteiger partial charge in [-0.25, -0.2) is 0 Å². The van der Waals surface area contributed by atoms with E-state index in [-0.39, 0.29) is 39.2 Å². The van der Waals surface area contributed by atoms with Crippen LogP contribution >= 0.6 is 0 Å². The zero-order valence-electron chi connectivity index (χ0n) is 45.6. The average molecular weight is 922 g/mol. The smallest absolute Gasteiger partial charge is 0.252 e. The Balaban J connectivity index is 1.43. The number of rotatable bonds is 3. The van der Waals surface area contributed by atoms with E-state index in [1.165, 1.54) is 106 Å². The number of benzene rings is 7. The number of aromatic nitrogens is 1. The summed E-state index contributed by atoms with van der Waals surface area (Å²) >= 11 is 0. The van der Waals surface area contributed by atoms with Crippen LogP contribution in [-0.2, 0) is 32.5 Å². The molecule has 0 spiro atoms. The lowest BCUT2D eigenvalue weighted by Crippen LogP contribution is -2.61. The Labute approximate surface area is 421 Å². The van der Waals surface area contributed by atoms with E-state index in [4.69, 9.17) is 0 Å². The molecule has 358 valence electrons. The van der Waals surface area contributed by atoms with E-state index in [1.807, 2.05) is 0 Å². The van der Waals surface area contributed by atoms with Gasteiger partial charge in [0, 0.05) is 44.9 Å². The Bertz CT molecular complexity index is 3110. The molecule has 0 aliphatic carbocycles. The number of hydrogen-bond donors (Lipinski definition) is 0. The number of fused-ring (bicyclic) bond motifs is 7. The molecule has 0 saturated heterocycles. The van der Waals surface area contributed by atoms with E-state index in [0.717, 1.165) is 5.69 Å². The van der Waals surface area contributed by atoms with E-state index in [0.29, 0.717) is 0 Å². The SMILES string of the molecule is CC(C)(C)c1cc(N2c3ccc(C(C)(C)C)cc3B3c4cc(C(C)(C)C)ccc4N(c4cc(C(C)(C)C)cc(C(C)(C)C)c4)c4cc(-n5c6ccccc6c6ccccc65)cc2c43)cc(C(C)(C)C)c1. The maximum Gasteiger partial charge on any atom is 0.252 e. The fourth-order valence-electron chi connectivity index (χ4n) is 11.0. The van der Waals surface area contributed by atoms with Crippen molar-refractivity contribution in [1.82, 2.24) is 4.57 Å². The third-order valence-electron chi connectivity index (χ3n) is 15.4. The van der Waals surface area contributed by atoms with Crippen molar-refractivity contribution >= 4 is 79.0 Å². The van der Waals surface area contributed by atoms with Gasteiger partial charge in [-0.3, -0.25) is 0 Å². The van der Waals surface area contributed by atoms with Gasteiger partial charge in [0.25, 0.3) is 6.71 Å². The summed E-state index contributed by atoms with van der Waals surface area (Å²) in [6.07, 6.45) is 0. The van der Waals surface area contributed by atoms with Crippen LogP contribution in [0, 0.1) is 0 Å². The van der Waals surface area contributed by atoms with Crippen LogP contribution in [0.2, 0.25) is 0 Å². The molecule has 0 saturated carbocycles. The van der Waals surface area contributed by atoms with E-state index in [9.17, 15) is 0 Å². The lowest BCUT2D eigenvalue weighted by molar-refractivity contribution is 0.568. The molecular formula is C66H76BN3. The lowest BCUT2D eigenvalue weighted by Gasteiger charge is -2.46. The van der Waals surface area contributed by atoms with Crippen LogP contribution < -0.4 is 26.2 Å². The van der Waals surface area contributed by atoms with Crippen molar-refractivity contribution < 1.29 is 0 Å². The standard InChI is InChI=1S/C66H76BN3/c1-61(2,3)41-27-29-56-52(37-41)67-53-38-42(62(4,5)6)28-30-57(53)70(48-35-45(65(13,14)15)32-46(36-48)66(16,17)18)59-40-49(68-54-25-21-19-23-50(54)51-24-20-22-26-55(51)68)39-58(60(59)67)69(56)47-33-43(63(7,8)9)31-44(34-47)64(10,11)12/h19-40H,1-18H3. The molecule has 2 aliphatic heterocycles. The molecule has 7 aromatic carbocycles. The molecule has 10 rings (SSSR count). The monoisotopic (exact) mass is 922 g/mol. The predicted molar refractivity (Wildman–Crippen MR) is 307 cm³/mol. The third kappa shape index (κ3) is 7.98. The van der Waals surface area contributed by atoms with Crippen molar-refractivity contribution in [2.75, 3.05) is 9.80 Å². The zero-order chi connectivity index (χ0) is 50.4. The first-order chi connectivity index (χ1) is 32.5. The van der Waals surface area contributed by atoms with Crippen molar-refractivity contribution in [1.29, 1.82) is 0 Å². The Kier molecular flexibility index (Phi) is 10.7. The second-order valence-corrected chi connectivity index (χ2v) is 27.0. The molecular weight excluding hydrogens is 846 g/mol. The summed E-state index contributed by atoms with van der Waals surface area (Å²) in [6.45, 7) is 42.4. The van der Waals surface area contributed by atoms with Crippen molar-refractivity contribution in [3.8, 4) is 5.69 Å². The Morgan fingerprint density at radius 1 is 0.300 bits per heavy atom. The molecule has 3 nitrogen and oxygen atoms in total. The van der Waals surface area contributed by atoms with Crippen molar-refractivity contribution in [2.24, 2.45) is 0 Å². The molecule has 0 fully saturated rings. The van der Waals surface area contributed by atoms with Crippen molar-refractivity contribution in [2.45, 2.75) is 157 Å². The Morgan fingerprint density at radius 3 is 0.957 bits per heavy atom. The maximum absolute atomic E-state index is 2.65. The van der Waals surface area contributed by atoms with Crippen LogP contribution in [0.15, 0.2) is 133 Å². The van der Waals surface area contributed by atoms with Crippen LogP contribution in [0.25, 0.3) is 27.5 Å². The van der Waals surface area contributed by atoms with Gasteiger partial charge in [0.2, 0.25) is 0 Å². The van der Waals surface area contributed by atoms with Crippen LogP contribution in [-0.4, -0.2) is 11.3 Å². The largest absolute Gasteiger partial charge is 0.311 e. The van der Waals surface area contributed by atoms with Crippen molar-refractivity contribution in [3.63, 3.8) is 0 Å². The fourth-order valence-corrected chi connectivity index (χ4v) is 11.0. The molecule has 2 aliphatic rings. The number of hydrogen-bond acceptors (Lipinski definition) is 2. The summed E-state index contributed by atoms with van der Waals surface area (Å²) in [4.78, 5) is 5.31. The van der Waals surface area contributed by atoms with Gasteiger partial charge < -0.3 is 14.4 Å². The van der Waals surface area contributed by atoms with Gasteiger partial charge in [0.1, 0.15) is 0 Å². The first kappa shape index (κ1) is 47.7. The minimum atomic E-state index is -0.0700. The maximum atomic E-state index is 2.65. The molecule has 8 aromatic rings. The van der Waals surface area contributed by atoms with Gasteiger partial charge in [-0.05, 0) is 143 Å². The lowest BCUT2D eigenvalue weighted by atomic mass is 9.33. The summed E-state index contributed by atoms with van der Waals surface area (Å²) < 4.78 is 2.53. The molecule has 0 unspecified atom stereocenters. The second kappa shape index (κ2) is 15.8. The topological polar surface area (TPSA) is 11.4 Å². The van der Waals surface area contributed by atoms with Crippen LogP contribution in [0.1, 0.15) is 158 Å². The molecule has 0 bridgehead atoms. The highest BCUT2D eigenvalue weighted by atomic mass is 15.2. The minimum Gasteiger partial charge on any atom is -0.311 e. The minimum absolute atomic E-state index is 0.0277. The predicted octanol–water partition coefficient (Wildman–Crippen LogP) is 16.7. The molecule has 0 N–H and O–H groups in total. The summed E-state index contributed by atoms with van der Waals surface area (Å²) in [7, 11) is 0. The van der Waals surface area contributed by atoms with Gasteiger partial charge in [0.15, 0.2) is 0 Å². The second-order valence-electron chi connectivity index (χ2n) is 27.0. The molecule has 0 amide bonds. The molecule has 70 heavy (non-hydrogen) atoms. The summed E-state index contributed by atoms with van der Waals surface area (Å²) in [6, 6.07) is 52.7. The van der Waals surface area contributed by atoms with E-state index >= 15 is 0 Å². The van der Waals surface area contributed by atoms with Gasteiger partial charge in [-0.1, -0.05) is 197 Å². The van der Waals surface area contributed by atoms with Gasteiger partial charge in [-0.2, -0.15) is 0 Å². The third-order valence-corrected chi connectivity index (χ3v) is 15.4. The molecule has 0 atom stereocenters. The number of para-hydroxylation sites is 2. The Morgan fingerprint density at radius 2 is 0.629 bits per heavy atom. The van der Waals surface area contributed by atoms with Gasteiger partial charge >= 0.3 is 0 Å². The normalized spacial score (nSPS) is 14.3. The van der Waals surface area contributed by atoms with E-state index < -0.39 is 0 Å². The number of anilines is 6. The van der Waals surface area contributed by atoms with Crippen LogP contribution in [0.4, 0.5) is 34.1 Å². The quantitative estimate of drug-likeness (QED) is 0.164. The first-order valence-electron chi connectivity index (χ1n) is 25.9. The zero-order valence-corrected chi connectivity index (χ0v) is 45.6. The van der Waals surface area contributed by atoms with E-state index in [1.54, 1.807) is 0 Å². The van der Waals surface area contributed by atoms with Gasteiger partial charge in [0.05, 0.1) is 16.7 Å². The number of nitrogens with zero attached hydrogens (tertiary/aromatic N) is 3. The van der Waals surface area contributed by atoms with E-state index in [2.05, 4.69) is 272 Å². The molecule has 3 heterocycles. The van der Waals surface area contributed by atoms with Crippen LogP contribution in [0.3, 0.4) is 0 Å². The highest BCUT2D eigenvalue weighted by Gasteiger charge is 2.45. The summed E-state index contributed by atoms with van der Waals surface area (Å²) in [5, 5.41) is 2.52. The van der Waals surface area contributed by atoms with Crippen LogP contribution in [0.5, 0.6) is 0 Å². The van der Waals surface area contributed by atoms with Crippen molar-refractivity contribution in [3.05, 3.63) is 167 Å². The van der Waals surface area contributed by atoms with Gasteiger partial charge in [-0.15, -0.1) is 0 Å². The first-order valence-corrected chi connectivity index (χ1v) is 25.9. The molecule has 1 aromatic heterocycles. The molecule has 0 radical (unpaired) electrons. The fraction of sp³-hybridized carbons (Fsp3) is 0.364. The Hall–Kier alpha value is -6.00. The summed E-state index contributed by atoms with van der Waals surface area (Å²) in [5.74, 6) is 0. The highest BCUT2D eigenvalue weighted by molar-refractivity contribution is 7.00.